The number of carboxylic acid groups (broad SMARTS) is 1. The van der Waals surface area contributed by atoms with Gasteiger partial charge in [0.15, 0.2) is 0 Å². The van der Waals surface area contributed by atoms with Gasteiger partial charge in [-0.1, -0.05) is 11.5 Å². The van der Waals surface area contributed by atoms with E-state index < -0.39 is 18.0 Å². The Morgan fingerprint density at radius 1 is 1.53 bits per heavy atom. The number of primary amides is 1. The highest BCUT2D eigenvalue weighted by atomic mass is 16.4. The zero-order valence-corrected chi connectivity index (χ0v) is 8.09. The summed E-state index contributed by atoms with van der Waals surface area (Å²) in [4.78, 5) is 23.2. The van der Waals surface area contributed by atoms with Crippen molar-refractivity contribution in [3.63, 3.8) is 0 Å². The van der Waals surface area contributed by atoms with Crippen LogP contribution in [0, 0.1) is 0 Å². The third kappa shape index (κ3) is 7.15. The predicted octanol–water partition coefficient (Wildman–Crippen LogP) is 0.589. The first-order valence-electron chi connectivity index (χ1n) is 4.38. The molecule has 0 saturated carbocycles. The largest absolute Gasteiger partial charge is 0.481 e. The number of nitrogens with two attached hydrogens (primary N) is 1. The van der Waals surface area contributed by atoms with Crippen molar-refractivity contribution in [2.75, 3.05) is 6.54 Å². The molecule has 0 aliphatic carbocycles. The van der Waals surface area contributed by atoms with Crippen LogP contribution in [-0.4, -0.2) is 29.7 Å². The first-order chi connectivity index (χ1) is 7.07. The molecule has 0 aliphatic rings. The highest BCUT2D eigenvalue weighted by molar-refractivity contribution is 5.73. The van der Waals surface area contributed by atoms with Crippen LogP contribution in [-0.2, 0) is 4.79 Å². The Balaban J connectivity index is 3.67. The quantitative estimate of drug-likeness (QED) is 0.247. The van der Waals surface area contributed by atoms with Crippen LogP contribution in [0.5, 0.6) is 0 Å². The van der Waals surface area contributed by atoms with Crippen molar-refractivity contribution in [1.29, 1.82) is 0 Å². The van der Waals surface area contributed by atoms with E-state index in [9.17, 15) is 9.59 Å². The molecule has 8 nitrogen and oxygen atoms in total. The van der Waals surface area contributed by atoms with Crippen molar-refractivity contribution in [3.8, 4) is 0 Å². The number of rotatable bonds is 7. The molecule has 1 atom stereocenters. The molecule has 2 amide bonds. The van der Waals surface area contributed by atoms with E-state index in [1.807, 2.05) is 0 Å². The number of amides is 2. The maximum atomic E-state index is 10.5. The molecule has 0 fully saturated rings. The number of carbonyl (C=O) groups is 2. The molecule has 4 N–H and O–H groups in total. The Morgan fingerprint density at radius 2 is 2.20 bits per heavy atom. The monoisotopic (exact) mass is 215 g/mol. The van der Waals surface area contributed by atoms with Crippen LogP contribution in [0.4, 0.5) is 4.79 Å². The van der Waals surface area contributed by atoms with Gasteiger partial charge in [-0.2, -0.15) is 0 Å². The molecular formula is C7H13N5O3. The number of azide groups is 1. The Hall–Kier alpha value is -1.95. The van der Waals surface area contributed by atoms with Gasteiger partial charge in [-0.25, -0.2) is 4.79 Å². The molecule has 0 aromatic carbocycles. The minimum atomic E-state index is -1.14. The minimum absolute atomic E-state index is 0.250. The molecule has 0 aromatic rings. The number of urea groups is 1. The SMILES string of the molecule is [N-]=[N+]=NC(CCCCNC(N)=O)C(=O)O. The molecule has 0 heterocycles. The summed E-state index contributed by atoms with van der Waals surface area (Å²) >= 11 is 0. The normalized spacial score (nSPS) is 11.2. The number of nitrogens with zero attached hydrogens (tertiary/aromatic N) is 3. The standard InChI is InChI=1S/C7H13N5O3/c8-7(15)10-4-2-1-3-5(6(13)14)11-12-9/h5H,1-4H2,(H,13,14)(H3,8,10,15). The van der Waals surface area contributed by atoms with Crippen molar-refractivity contribution in [3.05, 3.63) is 10.4 Å². The second-order valence-electron chi connectivity index (χ2n) is 2.85. The molecule has 1 unspecified atom stereocenters. The topological polar surface area (TPSA) is 141 Å². The zero-order chi connectivity index (χ0) is 11.7. The summed E-state index contributed by atoms with van der Waals surface area (Å²) in [5, 5.41) is 14.1. The van der Waals surface area contributed by atoms with E-state index in [0.717, 1.165) is 0 Å². The number of nitrogens with one attached hydrogen (secondary N) is 1. The summed E-state index contributed by atoms with van der Waals surface area (Å²) in [5.74, 6) is -1.14. The van der Waals surface area contributed by atoms with Crippen LogP contribution < -0.4 is 11.1 Å². The fourth-order valence-corrected chi connectivity index (χ4v) is 0.967. The molecule has 0 aromatic heterocycles. The van der Waals surface area contributed by atoms with Crippen LogP contribution in [0.1, 0.15) is 19.3 Å². The molecule has 15 heavy (non-hydrogen) atoms. The molecule has 0 rings (SSSR count). The number of unbranched alkanes of at least 4 members (excludes halogenated alkanes) is 1. The van der Waals surface area contributed by atoms with Crippen LogP contribution >= 0.6 is 0 Å². The number of carboxylic acids is 1. The fraction of sp³-hybridized carbons (Fsp3) is 0.714. The van der Waals surface area contributed by atoms with Crippen LogP contribution in [0.2, 0.25) is 0 Å². The lowest BCUT2D eigenvalue weighted by molar-refractivity contribution is -0.138. The van der Waals surface area contributed by atoms with Crippen molar-refractivity contribution in [2.24, 2.45) is 10.8 Å². The minimum Gasteiger partial charge on any atom is -0.481 e. The van der Waals surface area contributed by atoms with Crippen LogP contribution in [0.25, 0.3) is 10.4 Å². The van der Waals surface area contributed by atoms with E-state index in [-0.39, 0.29) is 6.42 Å². The fourth-order valence-electron chi connectivity index (χ4n) is 0.967. The number of carbonyl (C=O) groups excluding carboxylic acids is 1. The maximum absolute atomic E-state index is 10.5. The predicted molar refractivity (Wildman–Crippen MR) is 52.0 cm³/mol. The van der Waals surface area contributed by atoms with Crippen molar-refractivity contribution >= 4 is 12.0 Å². The highest BCUT2D eigenvalue weighted by Crippen LogP contribution is 2.04. The van der Waals surface area contributed by atoms with E-state index >= 15 is 0 Å². The first kappa shape index (κ1) is 13.1. The lowest BCUT2D eigenvalue weighted by Gasteiger charge is -2.05. The van der Waals surface area contributed by atoms with Gasteiger partial charge in [0.05, 0.1) is 0 Å². The number of hydrogen-bond acceptors (Lipinski definition) is 3. The van der Waals surface area contributed by atoms with E-state index in [4.69, 9.17) is 16.4 Å². The Kier molecular flexibility index (Phi) is 6.48. The molecule has 0 aliphatic heterocycles. The number of hydrogen-bond donors (Lipinski definition) is 3. The van der Waals surface area contributed by atoms with Gasteiger partial charge < -0.3 is 16.2 Å². The Bertz CT molecular complexity index is 272. The second kappa shape index (κ2) is 7.45. The van der Waals surface area contributed by atoms with Crippen LogP contribution in [0.15, 0.2) is 5.11 Å². The third-order valence-corrected chi connectivity index (χ3v) is 1.68. The molecule has 0 radical (unpaired) electrons. The summed E-state index contributed by atoms with van der Waals surface area (Å²) in [7, 11) is 0. The summed E-state index contributed by atoms with van der Waals surface area (Å²) in [6.45, 7) is 0.387. The molecule has 0 spiro atoms. The first-order valence-corrected chi connectivity index (χ1v) is 4.38. The Morgan fingerprint density at radius 3 is 2.67 bits per heavy atom. The van der Waals surface area contributed by atoms with Crippen molar-refractivity contribution in [2.45, 2.75) is 25.3 Å². The van der Waals surface area contributed by atoms with Gasteiger partial charge in [0.25, 0.3) is 0 Å². The van der Waals surface area contributed by atoms with Crippen LogP contribution in [0.3, 0.4) is 0 Å². The molecule has 0 saturated heterocycles. The zero-order valence-electron chi connectivity index (χ0n) is 8.09. The van der Waals surface area contributed by atoms with E-state index in [1.54, 1.807) is 0 Å². The van der Waals surface area contributed by atoms with E-state index in [2.05, 4.69) is 15.3 Å². The Labute approximate surface area is 86.1 Å². The van der Waals surface area contributed by atoms with Gasteiger partial charge in [0.1, 0.15) is 6.04 Å². The highest BCUT2D eigenvalue weighted by Gasteiger charge is 2.14. The maximum Gasteiger partial charge on any atom is 0.312 e. The molecule has 8 heteroatoms. The van der Waals surface area contributed by atoms with Crippen molar-refractivity contribution in [1.82, 2.24) is 5.32 Å². The lowest BCUT2D eigenvalue weighted by atomic mass is 10.1. The average molecular weight is 215 g/mol. The summed E-state index contributed by atoms with van der Waals surface area (Å²) in [5.41, 5.74) is 12.9. The smallest absolute Gasteiger partial charge is 0.312 e. The second-order valence-corrected chi connectivity index (χ2v) is 2.85. The molecule has 0 bridgehead atoms. The lowest BCUT2D eigenvalue weighted by Crippen LogP contribution is -2.30. The van der Waals surface area contributed by atoms with Gasteiger partial charge in [0, 0.05) is 11.5 Å². The van der Waals surface area contributed by atoms with E-state index in [1.165, 1.54) is 0 Å². The average Bonchev–Trinajstić information content (AvgIpc) is 2.15. The number of aliphatic carboxylic acids is 1. The summed E-state index contributed by atoms with van der Waals surface area (Å²) in [6.07, 6.45) is 1.38. The third-order valence-electron chi connectivity index (χ3n) is 1.68. The van der Waals surface area contributed by atoms with Gasteiger partial charge in [-0.05, 0) is 18.4 Å². The van der Waals surface area contributed by atoms with Gasteiger partial charge >= 0.3 is 12.0 Å². The summed E-state index contributed by atoms with van der Waals surface area (Å²) in [6, 6.07) is -1.65. The summed E-state index contributed by atoms with van der Waals surface area (Å²) < 4.78 is 0. The van der Waals surface area contributed by atoms with Gasteiger partial charge in [0.2, 0.25) is 0 Å². The van der Waals surface area contributed by atoms with Gasteiger partial charge in [-0.3, -0.25) is 4.79 Å². The molecular weight excluding hydrogens is 202 g/mol. The van der Waals surface area contributed by atoms with Crippen molar-refractivity contribution < 1.29 is 14.7 Å². The van der Waals surface area contributed by atoms with Gasteiger partial charge in [-0.15, -0.1) is 0 Å². The van der Waals surface area contributed by atoms with E-state index in [0.29, 0.717) is 19.4 Å². The molecule has 84 valence electrons.